The summed E-state index contributed by atoms with van der Waals surface area (Å²) in [5.41, 5.74) is 5.55. The molecule has 262 valence electrons. The van der Waals surface area contributed by atoms with Gasteiger partial charge in [-0.25, -0.2) is 14.5 Å². The molecule has 1 saturated carbocycles. The molecule has 2 aromatic heterocycles. The maximum Gasteiger partial charge on any atom is 0.434 e. The van der Waals surface area contributed by atoms with Crippen LogP contribution in [0.2, 0.25) is 0 Å². The van der Waals surface area contributed by atoms with E-state index in [0.717, 1.165) is 74.7 Å². The van der Waals surface area contributed by atoms with Gasteiger partial charge in [0.25, 0.3) is 0 Å². The summed E-state index contributed by atoms with van der Waals surface area (Å²) in [5, 5.41) is 3.93. The minimum absolute atomic E-state index is 0.0495. The molecule has 11 heteroatoms. The van der Waals surface area contributed by atoms with Crippen molar-refractivity contribution in [2.75, 3.05) is 31.1 Å². The van der Waals surface area contributed by atoms with E-state index in [1.807, 2.05) is 12.1 Å². The largest absolute Gasteiger partial charge is 0.462 e. The number of benzene rings is 2. The molecule has 4 aromatic rings. The van der Waals surface area contributed by atoms with Crippen LogP contribution in [0.5, 0.6) is 0 Å². The van der Waals surface area contributed by atoms with Crippen LogP contribution in [-0.2, 0) is 28.7 Å². The van der Waals surface area contributed by atoms with E-state index in [-0.39, 0.29) is 24.3 Å². The predicted molar refractivity (Wildman–Crippen MR) is 184 cm³/mol. The van der Waals surface area contributed by atoms with Crippen molar-refractivity contribution in [1.82, 2.24) is 19.7 Å². The highest BCUT2D eigenvalue weighted by atomic mass is 19.4. The molecule has 0 radical (unpaired) electrons. The van der Waals surface area contributed by atoms with Gasteiger partial charge in [-0.1, -0.05) is 56.3 Å². The number of hydrogen-bond acceptors (Lipinski definition) is 6. The minimum atomic E-state index is -4.87. The lowest BCUT2D eigenvalue weighted by Gasteiger charge is -2.33. The number of amides is 1. The van der Waals surface area contributed by atoms with Gasteiger partial charge in [-0.05, 0) is 79.3 Å². The number of carbonyl (C=O) groups excluding carboxylic acids is 2. The van der Waals surface area contributed by atoms with E-state index in [4.69, 9.17) is 4.74 Å². The lowest BCUT2D eigenvalue weighted by molar-refractivity contribution is -0.143. The number of hydrogen-bond donors (Lipinski definition) is 0. The summed E-state index contributed by atoms with van der Waals surface area (Å²) >= 11 is 0. The van der Waals surface area contributed by atoms with Crippen molar-refractivity contribution < 1.29 is 27.5 Å². The number of fused-ring (bicyclic) bond motifs is 1. The second kappa shape index (κ2) is 13.6. The molecule has 0 spiro atoms. The Morgan fingerprint density at radius 3 is 2.42 bits per heavy atom. The van der Waals surface area contributed by atoms with Crippen molar-refractivity contribution in [3.05, 3.63) is 94.3 Å². The second-order valence-electron chi connectivity index (χ2n) is 13.7. The Bertz CT molecular complexity index is 1910. The Morgan fingerprint density at radius 1 is 0.960 bits per heavy atom. The topological polar surface area (TPSA) is 80.6 Å². The van der Waals surface area contributed by atoms with Crippen LogP contribution >= 0.6 is 0 Å². The third-order valence-corrected chi connectivity index (χ3v) is 10.3. The first-order valence-electron chi connectivity index (χ1n) is 17.7. The highest BCUT2D eigenvalue weighted by Gasteiger charge is 2.41. The van der Waals surface area contributed by atoms with Crippen molar-refractivity contribution >= 4 is 17.6 Å². The number of aryl methyl sites for hydroxylation is 1. The smallest absolute Gasteiger partial charge is 0.434 e. The summed E-state index contributed by atoms with van der Waals surface area (Å²) in [6, 6.07) is 17.7. The van der Waals surface area contributed by atoms with Gasteiger partial charge in [-0.15, -0.1) is 0 Å². The highest BCUT2D eigenvalue weighted by Crippen LogP contribution is 2.44. The van der Waals surface area contributed by atoms with Crippen molar-refractivity contribution in [2.45, 2.75) is 77.4 Å². The zero-order valence-corrected chi connectivity index (χ0v) is 28.7. The average molecular weight is 686 g/mol. The van der Waals surface area contributed by atoms with Crippen molar-refractivity contribution in [3.8, 4) is 17.1 Å². The number of likely N-dealkylation sites (tertiary alicyclic amines) is 1. The van der Waals surface area contributed by atoms with Crippen LogP contribution in [0.15, 0.2) is 60.8 Å². The number of halogens is 3. The number of piperidine rings is 1. The zero-order chi connectivity index (χ0) is 35.2. The lowest BCUT2D eigenvalue weighted by Crippen LogP contribution is -2.38. The Hall–Kier alpha value is -4.67. The monoisotopic (exact) mass is 685 g/mol. The van der Waals surface area contributed by atoms with Crippen LogP contribution < -0.4 is 4.90 Å². The average Bonchev–Trinajstić information content (AvgIpc) is 3.78. The van der Waals surface area contributed by atoms with E-state index >= 15 is 0 Å². The number of carbonyl (C=O) groups is 2. The van der Waals surface area contributed by atoms with Crippen LogP contribution in [0.25, 0.3) is 17.1 Å². The third kappa shape index (κ3) is 6.50. The molecular formula is C39H42F3N5O3. The van der Waals surface area contributed by atoms with E-state index in [9.17, 15) is 22.8 Å². The third-order valence-electron chi connectivity index (χ3n) is 10.3. The first-order chi connectivity index (χ1) is 24.1. The molecule has 1 atom stereocenters. The molecule has 0 N–H and O–H groups in total. The van der Waals surface area contributed by atoms with E-state index in [1.54, 1.807) is 12.1 Å². The standard InChI is InChI=1S/C39H42F3N5O3/c1-4-26-20-25(12-15-30(26)27-16-18-45(19-17-27)37(48)28-13-14-28)23-46-22-24(3)29-8-6-9-31(35(29)46)33-10-7-11-34(44-33)47-36(39(40,41)42)32(21-43-47)38(49)50-5-2/h6-12,15,20-21,24,27-28H,4-5,13-14,16-19,22-23H2,1-3H3. The quantitative estimate of drug-likeness (QED) is 0.167. The zero-order valence-electron chi connectivity index (χ0n) is 28.7. The van der Waals surface area contributed by atoms with E-state index in [2.05, 4.69) is 58.0 Å². The SMILES string of the molecule is CCOC(=O)c1cnn(-c2cccc(-c3cccc4c3N(Cc3ccc(C5CCN(C(=O)C6CC6)CC5)c(CC)c3)CC4C)n2)c1C(F)(F)F. The second-order valence-corrected chi connectivity index (χ2v) is 13.7. The molecule has 7 rings (SSSR count). The Labute approximate surface area is 290 Å². The molecule has 0 bridgehead atoms. The van der Waals surface area contributed by atoms with Crippen molar-refractivity contribution in [3.63, 3.8) is 0 Å². The van der Waals surface area contributed by atoms with Gasteiger partial charge >= 0.3 is 12.1 Å². The number of para-hydroxylation sites is 1. The van der Waals surface area contributed by atoms with Gasteiger partial charge in [-0.3, -0.25) is 4.79 Å². The number of esters is 1. The molecule has 1 aliphatic carbocycles. The van der Waals surface area contributed by atoms with Crippen LogP contribution in [0.1, 0.15) is 96.6 Å². The molecule has 1 amide bonds. The number of alkyl halides is 3. The van der Waals surface area contributed by atoms with Gasteiger partial charge < -0.3 is 14.5 Å². The number of anilines is 1. The highest BCUT2D eigenvalue weighted by molar-refractivity contribution is 5.91. The number of nitrogens with zero attached hydrogens (tertiary/aromatic N) is 5. The fraction of sp³-hybridized carbons (Fsp3) is 0.436. The molecule has 2 fully saturated rings. The summed E-state index contributed by atoms with van der Waals surface area (Å²) in [6.45, 7) is 8.98. The summed E-state index contributed by atoms with van der Waals surface area (Å²) in [5.74, 6) is 0.161. The number of rotatable bonds is 9. The Balaban J connectivity index is 1.16. The molecule has 2 aromatic carbocycles. The van der Waals surface area contributed by atoms with Crippen LogP contribution in [0.4, 0.5) is 18.9 Å². The Kier molecular flexibility index (Phi) is 9.17. The van der Waals surface area contributed by atoms with Gasteiger partial charge in [0.2, 0.25) is 5.91 Å². The van der Waals surface area contributed by atoms with Gasteiger partial charge in [0, 0.05) is 43.6 Å². The maximum absolute atomic E-state index is 14.3. The first-order valence-corrected chi connectivity index (χ1v) is 17.7. The molecule has 3 aliphatic rings. The van der Waals surface area contributed by atoms with Crippen molar-refractivity contribution in [1.29, 1.82) is 0 Å². The molecule has 50 heavy (non-hydrogen) atoms. The van der Waals surface area contributed by atoms with Gasteiger partial charge in [0.15, 0.2) is 11.5 Å². The summed E-state index contributed by atoms with van der Waals surface area (Å²) in [7, 11) is 0. The van der Waals surface area contributed by atoms with E-state index < -0.39 is 23.4 Å². The fourth-order valence-electron chi connectivity index (χ4n) is 7.71. The molecular weight excluding hydrogens is 643 g/mol. The normalized spacial score (nSPS) is 18.0. The molecule has 8 nitrogen and oxygen atoms in total. The van der Waals surface area contributed by atoms with Gasteiger partial charge in [-0.2, -0.15) is 18.3 Å². The molecule has 1 unspecified atom stereocenters. The summed E-state index contributed by atoms with van der Waals surface area (Å²) in [6.07, 6.45) is 0.999. The first kappa shape index (κ1) is 33.8. The summed E-state index contributed by atoms with van der Waals surface area (Å²) in [4.78, 5) is 34.0. The minimum Gasteiger partial charge on any atom is -0.462 e. The maximum atomic E-state index is 14.3. The van der Waals surface area contributed by atoms with Crippen molar-refractivity contribution in [2.24, 2.45) is 5.92 Å². The molecule has 4 heterocycles. The van der Waals surface area contributed by atoms with E-state index in [1.165, 1.54) is 29.7 Å². The number of ether oxygens (including phenoxy) is 1. The van der Waals surface area contributed by atoms with Gasteiger partial charge in [0.05, 0.1) is 24.2 Å². The van der Waals surface area contributed by atoms with Crippen LogP contribution in [0, 0.1) is 5.92 Å². The number of aromatic nitrogens is 3. The van der Waals surface area contributed by atoms with E-state index in [0.29, 0.717) is 28.7 Å². The Morgan fingerprint density at radius 2 is 1.72 bits per heavy atom. The molecule has 1 saturated heterocycles. The lowest BCUT2D eigenvalue weighted by atomic mass is 9.85. The summed E-state index contributed by atoms with van der Waals surface area (Å²) < 4.78 is 48.4. The van der Waals surface area contributed by atoms with Crippen LogP contribution in [0.3, 0.4) is 0 Å². The molecule has 2 aliphatic heterocycles. The number of pyridine rings is 1. The van der Waals surface area contributed by atoms with Gasteiger partial charge in [0.1, 0.15) is 5.56 Å². The predicted octanol–water partition coefficient (Wildman–Crippen LogP) is 7.93. The fourth-order valence-corrected chi connectivity index (χ4v) is 7.71. The van der Waals surface area contributed by atoms with Crippen LogP contribution in [-0.4, -0.2) is 57.8 Å².